The van der Waals surface area contributed by atoms with Gasteiger partial charge in [-0.3, -0.25) is 4.79 Å². The van der Waals surface area contributed by atoms with Gasteiger partial charge in [0.2, 0.25) is 0 Å². The number of carbonyl (C=O) groups is 1. The molecule has 3 rings (SSSR count). The van der Waals surface area contributed by atoms with E-state index in [-0.39, 0.29) is 5.78 Å². The average molecular weight is 315 g/mol. The number of carbonyl (C=O) groups excluding carboxylic acids is 1. The molecule has 0 N–H and O–H groups in total. The van der Waals surface area contributed by atoms with Gasteiger partial charge in [-0.05, 0) is 36.8 Å². The monoisotopic (exact) mass is 315 g/mol. The van der Waals surface area contributed by atoms with E-state index in [0.717, 1.165) is 23.0 Å². The van der Waals surface area contributed by atoms with Gasteiger partial charge in [0.1, 0.15) is 5.75 Å². The zero-order chi connectivity index (χ0) is 16.6. The Bertz CT molecular complexity index is 899. The minimum Gasteiger partial charge on any atom is -0.496 e. The molecule has 0 aliphatic heterocycles. The first-order valence-electron chi connectivity index (χ1n) is 7.12. The fourth-order valence-electron chi connectivity index (χ4n) is 2.72. The standard InChI is InChI=1S/C18H15F2NO2/c1-11(22)13-10-21(9-12-6-7-14(19)15(20)8-12)16-4-3-5-17(23-2)18(13)16/h3-8,10H,9H2,1-2H3. The third kappa shape index (κ3) is 2.70. The smallest absolute Gasteiger partial charge is 0.162 e. The number of rotatable bonds is 4. The van der Waals surface area contributed by atoms with Gasteiger partial charge >= 0.3 is 0 Å². The van der Waals surface area contributed by atoms with E-state index < -0.39 is 11.6 Å². The highest BCUT2D eigenvalue weighted by Gasteiger charge is 2.16. The first-order valence-corrected chi connectivity index (χ1v) is 7.12. The van der Waals surface area contributed by atoms with Crippen molar-refractivity contribution in [1.82, 2.24) is 4.57 Å². The highest BCUT2D eigenvalue weighted by Crippen LogP contribution is 2.31. The molecule has 0 fully saturated rings. The predicted octanol–water partition coefficient (Wildman–Crippen LogP) is 4.18. The first-order chi connectivity index (χ1) is 11.0. The topological polar surface area (TPSA) is 31.2 Å². The Morgan fingerprint density at radius 1 is 1.17 bits per heavy atom. The summed E-state index contributed by atoms with van der Waals surface area (Å²) < 4.78 is 33.6. The second kappa shape index (κ2) is 5.83. The minimum atomic E-state index is -0.886. The van der Waals surface area contributed by atoms with Crippen LogP contribution in [-0.4, -0.2) is 17.5 Å². The van der Waals surface area contributed by atoms with Crippen LogP contribution in [0.2, 0.25) is 0 Å². The summed E-state index contributed by atoms with van der Waals surface area (Å²) >= 11 is 0. The van der Waals surface area contributed by atoms with E-state index in [4.69, 9.17) is 4.74 Å². The molecule has 0 aliphatic carbocycles. The lowest BCUT2D eigenvalue weighted by Gasteiger charge is -2.07. The van der Waals surface area contributed by atoms with E-state index in [1.54, 1.807) is 19.4 Å². The summed E-state index contributed by atoms with van der Waals surface area (Å²) in [7, 11) is 1.55. The molecular weight excluding hydrogens is 300 g/mol. The van der Waals surface area contributed by atoms with Crippen LogP contribution in [0.4, 0.5) is 8.78 Å². The van der Waals surface area contributed by atoms with Gasteiger partial charge in [0.15, 0.2) is 17.4 Å². The summed E-state index contributed by atoms with van der Waals surface area (Å²) in [5.41, 5.74) is 1.96. The van der Waals surface area contributed by atoms with Crippen LogP contribution in [0.1, 0.15) is 22.8 Å². The van der Waals surface area contributed by atoms with E-state index >= 15 is 0 Å². The molecule has 0 amide bonds. The van der Waals surface area contributed by atoms with Crippen molar-refractivity contribution in [2.45, 2.75) is 13.5 Å². The quantitative estimate of drug-likeness (QED) is 0.676. The van der Waals surface area contributed by atoms with Crippen LogP contribution >= 0.6 is 0 Å². The van der Waals surface area contributed by atoms with Crippen LogP contribution < -0.4 is 4.74 Å². The van der Waals surface area contributed by atoms with Crippen LogP contribution in [-0.2, 0) is 6.54 Å². The fraction of sp³-hybridized carbons (Fsp3) is 0.167. The summed E-state index contributed by atoms with van der Waals surface area (Å²) in [5.74, 6) is -1.24. The van der Waals surface area contributed by atoms with E-state index in [0.29, 0.717) is 23.4 Å². The molecule has 2 aromatic carbocycles. The number of ketones is 1. The second-order valence-electron chi connectivity index (χ2n) is 5.33. The van der Waals surface area contributed by atoms with Crippen LogP contribution in [0, 0.1) is 11.6 Å². The van der Waals surface area contributed by atoms with Gasteiger partial charge in [-0.2, -0.15) is 0 Å². The summed E-state index contributed by atoms with van der Waals surface area (Å²) in [4.78, 5) is 11.9. The van der Waals surface area contributed by atoms with E-state index in [1.807, 2.05) is 16.7 Å². The summed E-state index contributed by atoms with van der Waals surface area (Å²) in [5, 5.41) is 0.727. The molecule has 1 aromatic heterocycles. The molecule has 0 spiro atoms. The Labute approximate surface area is 132 Å². The van der Waals surface area contributed by atoms with E-state index in [2.05, 4.69) is 0 Å². The van der Waals surface area contributed by atoms with Crippen molar-refractivity contribution < 1.29 is 18.3 Å². The lowest BCUT2D eigenvalue weighted by atomic mass is 10.1. The summed E-state index contributed by atoms with van der Waals surface area (Å²) in [6.45, 7) is 1.82. The van der Waals surface area contributed by atoms with Crippen molar-refractivity contribution >= 4 is 16.7 Å². The SMILES string of the molecule is COc1cccc2c1c(C(C)=O)cn2Cc1ccc(F)c(F)c1. The van der Waals surface area contributed by atoms with Gasteiger partial charge in [0, 0.05) is 18.3 Å². The molecule has 23 heavy (non-hydrogen) atoms. The number of halogens is 2. The van der Waals surface area contributed by atoms with Gasteiger partial charge in [0.05, 0.1) is 18.0 Å². The maximum absolute atomic E-state index is 13.4. The number of aromatic nitrogens is 1. The lowest BCUT2D eigenvalue weighted by molar-refractivity contribution is 0.101. The van der Waals surface area contributed by atoms with Crippen molar-refractivity contribution in [3.8, 4) is 5.75 Å². The third-order valence-electron chi connectivity index (χ3n) is 3.80. The van der Waals surface area contributed by atoms with E-state index in [1.165, 1.54) is 13.0 Å². The van der Waals surface area contributed by atoms with Gasteiger partial charge in [-0.1, -0.05) is 12.1 Å². The normalized spacial score (nSPS) is 11.0. The molecule has 0 bridgehead atoms. The Hall–Kier alpha value is -2.69. The first kappa shape index (κ1) is 15.2. The molecule has 3 aromatic rings. The maximum atomic E-state index is 13.4. The van der Waals surface area contributed by atoms with Crippen molar-refractivity contribution in [2.24, 2.45) is 0 Å². The molecular formula is C18H15F2NO2. The number of fused-ring (bicyclic) bond motifs is 1. The Kier molecular flexibility index (Phi) is 3.86. The number of benzene rings is 2. The predicted molar refractivity (Wildman–Crippen MR) is 84.0 cm³/mol. The molecule has 0 saturated heterocycles. The van der Waals surface area contributed by atoms with Crippen molar-refractivity contribution in [2.75, 3.05) is 7.11 Å². The molecule has 0 atom stereocenters. The minimum absolute atomic E-state index is 0.0801. The fourth-order valence-corrected chi connectivity index (χ4v) is 2.72. The summed E-state index contributed by atoms with van der Waals surface area (Å²) in [6, 6.07) is 9.27. The Balaban J connectivity index is 2.14. The van der Waals surface area contributed by atoms with Crippen molar-refractivity contribution in [3.05, 3.63) is 65.4 Å². The number of hydrogen-bond acceptors (Lipinski definition) is 2. The molecule has 1 heterocycles. The van der Waals surface area contributed by atoms with Crippen molar-refractivity contribution in [3.63, 3.8) is 0 Å². The van der Waals surface area contributed by atoms with Crippen LogP contribution in [0.5, 0.6) is 5.75 Å². The summed E-state index contributed by atoms with van der Waals surface area (Å²) in [6.07, 6.45) is 1.72. The molecule has 0 unspecified atom stereocenters. The zero-order valence-electron chi connectivity index (χ0n) is 12.8. The van der Waals surface area contributed by atoms with Crippen LogP contribution in [0.3, 0.4) is 0 Å². The van der Waals surface area contributed by atoms with Crippen LogP contribution in [0.25, 0.3) is 10.9 Å². The third-order valence-corrected chi connectivity index (χ3v) is 3.80. The highest BCUT2D eigenvalue weighted by molar-refractivity contribution is 6.09. The number of nitrogens with zero attached hydrogens (tertiary/aromatic N) is 1. The molecule has 0 saturated carbocycles. The number of Topliss-reactive ketones (excluding diaryl/α,β-unsaturated/α-hetero) is 1. The van der Waals surface area contributed by atoms with Crippen molar-refractivity contribution in [1.29, 1.82) is 0 Å². The van der Waals surface area contributed by atoms with Gasteiger partial charge < -0.3 is 9.30 Å². The van der Waals surface area contributed by atoms with E-state index in [9.17, 15) is 13.6 Å². The van der Waals surface area contributed by atoms with Crippen LogP contribution in [0.15, 0.2) is 42.6 Å². The maximum Gasteiger partial charge on any atom is 0.162 e. The molecule has 3 nitrogen and oxygen atoms in total. The molecule has 5 heteroatoms. The Morgan fingerprint density at radius 2 is 1.96 bits per heavy atom. The zero-order valence-corrected chi connectivity index (χ0v) is 12.8. The van der Waals surface area contributed by atoms with Gasteiger partial charge in [-0.15, -0.1) is 0 Å². The number of ether oxygens (including phenoxy) is 1. The molecule has 0 radical (unpaired) electrons. The van der Waals surface area contributed by atoms with Gasteiger partial charge in [0.25, 0.3) is 0 Å². The average Bonchev–Trinajstić information content (AvgIpc) is 2.90. The second-order valence-corrected chi connectivity index (χ2v) is 5.33. The molecule has 0 aliphatic rings. The number of methoxy groups -OCH3 is 1. The lowest BCUT2D eigenvalue weighted by Crippen LogP contribution is -1.99. The highest BCUT2D eigenvalue weighted by atomic mass is 19.2. The van der Waals surface area contributed by atoms with Gasteiger partial charge in [-0.25, -0.2) is 8.78 Å². The number of hydrogen-bond donors (Lipinski definition) is 0. The Morgan fingerprint density at radius 3 is 2.61 bits per heavy atom. The molecule has 118 valence electrons. The largest absolute Gasteiger partial charge is 0.496 e.